The lowest BCUT2D eigenvalue weighted by atomic mass is 9.43. The van der Waals surface area contributed by atoms with Crippen LogP contribution in [0.3, 0.4) is 0 Å². The van der Waals surface area contributed by atoms with E-state index >= 15 is 4.79 Å². The first kappa shape index (κ1) is 39.4. The first-order valence-corrected chi connectivity index (χ1v) is 21.7. The summed E-state index contributed by atoms with van der Waals surface area (Å²) in [5, 5.41) is 11.9. The number of esters is 1. The van der Waals surface area contributed by atoms with Crippen LogP contribution in [0.25, 0.3) is 0 Å². The summed E-state index contributed by atoms with van der Waals surface area (Å²) in [4.78, 5) is 30.1. The Hall–Kier alpha value is -3.74. The lowest BCUT2D eigenvalue weighted by Crippen LogP contribution is -2.66. The fourth-order valence-corrected chi connectivity index (χ4v) is 12.9. The predicted octanol–water partition coefficient (Wildman–Crippen LogP) is 7.34. The van der Waals surface area contributed by atoms with E-state index < -0.39 is 59.0 Å². The average Bonchev–Trinajstić information content (AvgIpc) is 4.00. The summed E-state index contributed by atoms with van der Waals surface area (Å²) in [5.74, 6) is -1.76. The van der Waals surface area contributed by atoms with E-state index in [4.69, 9.17) is 33.2 Å². The maximum absolute atomic E-state index is 15.9. The van der Waals surface area contributed by atoms with Crippen molar-refractivity contribution in [3.8, 4) is 0 Å². The maximum atomic E-state index is 15.9. The fraction of sp³-hybridized carbons (Fsp3) is 0.551. The van der Waals surface area contributed by atoms with Crippen LogP contribution in [0.4, 0.5) is 0 Å². The van der Waals surface area contributed by atoms with E-state index in [2.05, 4.69) is 26.8 Å². The molecule has 4 saturated heterocycles. The van der Waals surface area contributed by atoms with E-state index in [0.717, 1.165) is 41.4 Å². The lowest BCUT2D eigenvalue weighted by molar-refractivity contribution is -0.448. The highest BCUT2D eigenvalue weighted by molar-refractivity contribution is 5.92. The molecule has 13 unspecified atom stereocenters. The highest BCUT2D eigenvalue weighted by atomic mass is 17.0. The van der Waals surface area contributed by atoms with Crippen LogP contribution >= 0.6 is 0 Å². The molecule has 59 heavy (non-hydrogen) atoms. The number of hydrogen-bond donors (Lipinski definition) is 1. The van der Waals surface area contributed by atoms with E-state index in [0.29, 0.717) is 45.0 Å². The number of fused-ring (bicyclic) bond motifs is 2. The molecular formula is C49H56O10. The molecule has 0 radical (unpaired) electrons. The first-order valence-electron chi connectivity index (χ1n) is 21.7. The van der Waals surface area contributed by atoms with Gasteiger partial charge in [0.15, 0.2) is 18.5 Å². The van der Waals surface area contributed by atoms with Gasteiger partial charge in [-0.1, -0.05) is 130 Å². The van der Waals surface area contributed by atoms with E-state index in [9.17, 15) is 9.90 Å². The van der Waals surface area contributed by atoms with Gasteiger partial charge in [-0.2, -0.15) is 0 Å². The Morgan fingerprint density at radius 1 is 0.898 bits per heavy atom. The first-order chi connectivity index (χ1) is 28.7. The highest BCUT2D eigenvalue weighted by Gasteiger charge is 2.85. The number of benzene rings is 3. The number of aliphatic hydroxyl groups is 1. The van der Waals surface area contributed by atoms with E-state index in [1.807, 2.05) is 91.0 Å². The largest absolute Gasteiger partial charge is 0.452 e. The second-order valence-corrected chi connectivity index (χ2v) is 18.5. The van der Waals surface area contributed by atoms with Gasteiger partial charge in [0.1, 0.15) is 30.0 Å². The van der Waals surface area contributed by atoms with Gasteiger partial charge in [0.2, 0.25) is 0 Å². The topological polar surface area (TPSA) is 119 Å². The van der Waals surface area contributed by atoms with Crippen LogP contribution < -0.4 is 0 Å². The van der Waals surface area contributed by atoms with Gasteiger partial charge in [0.25, 0.3) is 0 Å². The van der Waals surface area contributed by atoms with Crippen molar-refractivity contribution < 1.29 is 47.9 Å². The summed E-state index contributed by atoms with van der Waals surface area (Å²) in [7, 11) is 0. The van der Waals surface area contributed by atoms with E-state index in [1.165, 1.54) is 0 Å². The molecule has 4 aliphatic carbocycles. The minimum Gasteiger partial charge on any atom is -0.452 e. The maximum Gasteiger partial charge on any atom is 0.318 e. The number of aliphatic hydroxyl groups excluding tert-OH is 1. The summed E-state index contributed by atoms with van der Waals surface area (Å²) in [6.45, 7) is 7.98. The summed E-state index contributed by atoms with van der Waals surface area (Å²) < 4.78 is 44.9. The number of ether oxygens (including phenoxy) is 7. The molecule has 13 atom stereocenters. The Balaban J connectivity index is 0.943. The Kier molecular flexibility index (Phi) is 10.0. The molecule has 312 valence electrons. The number of hydrogen-bond acceptors (Lipinski definition) is 10. The Labute approximate surface area is 346 Å². The van der Waals surface area contributed by atoms with Crippen molar-refractivity contribution in [3.63, 3.8) is 0 Å². The number of carbonyl (C=O) groups is 2. The summed E-state index contributed by atoms with van der Waals surface area (Å²) in [5.41, 5.74) is 0.611. The van der Waals surface area contributed by atoms with Gasteiger partial charge in [0, 0.05) is 18.6 Å². The molecule has 10 nitrogen and oxygen atoms in total. The minimum atomic E-state index is -1.81. The van der Waals surface area contributed by atoms with Gasteiger partial charge in [-0.3, -0.25) is 9.53 Å². The van der Waals surface area contributed by atoms with Gasteiger partial charge in [0.05, 0.1) is 18.6 Å². The smallest absolute Gasteiger partial charge is 0.318 e. The van der Waals surface area contributed by atoms with Gasteiger partial charge in [-0.15, -0.1) is 0 Å². The van der Waals surface area contributed by atoms with Crippen LogP contribution in [0.1, 0.15) is 75.7 Å². The van der Waals surface area contributed by atoms with Crippen LogP contribution in [-0.4, -0.2) is 73.9 Å². The molecule has 3 aromatic carbocycles. The second-order valence-electron chi connectivity index (χ2n) is 18.5. The average molecular weight is 805 g/mol. The normalized spacial score (nSPS) is 39.6. The number of aldehydes is 1. The number of allylic oxidation sites excluding steroid dienone is 1. The van der Waals surface area contributed by atoms with Crippen molar-refractivity contribution in [1.82, 2.24) is 0 Å². The monoisotopic (exact) mass is 804 g/mol. The third-order valence-electron chi connectivity index (χ3n) is 15.4. The number of carbonyl (C=O) groups excluding carboxylic acids is 2. The Morgan fingerprint density at radius 3 is 2.27 bits per heavy atom. The van der Waals surface area contributed by atoms with Gasteiger partial charge < -0.3 is 38.3 Å². The third-order valence-corrected chi connectivity index (χ3v) is 15.4. The zero-order valence-corrected chi connectivity index (χ0v) is 34.2. The quantitative estimate of drug-likeness (QED) is 0.0683. The molecule has 8 bridgehead atoms. The highest BCUT2D eigenvalue weighted by Crippen LogP contribution is 2.83. The molecule has 4 heterocycles. The van der Waals surface area contributed by atoms with Crippen LogP contribution in [0.2, 0.25) is 0 Å². The van der Waals surface area contributed by atoms with Crippen molar-refractivity contribution in [2.45, 2.75) is 102 Å². The molecule has 11 rings (SSSR count). The molecule has 0 spiro atoms. The molecule has 3 saturated carbocycles. The van der Waals surface area contributed by atoms with Crippen LogP contribution in [0, 0.1) is 45.8 Å². The summed E-state index contributed by atoms with van der Waals surface area (Å²) >= 11 is 0. The molecular weight excluding hydrogens is 749 g/mol. The predicted molar refractivity (Wildman–Crippen MR) is 215 cm³/mol. The zero-order chi connectivity index (χ0) is 40.6. The van der Waals surface area contributed by atoms with Crippen molar-refractivity contribution in [2.75, 3.05) is 19.8 Å². The summed E-state index contributed by atoms with van der Waals surface area (Å²) in [6, 6.07) is 29.7. The molecule has 10 heteroatoms. The van der Waals surface area contributed by atoms with E-state index in [1.54, 1.807) is 0 Å². The third kappa shape index (κ3) is 5.77. The van der Waals surface area contributed by atoms with Crippen molar-refractivity contribution in [1.29, 1.82) is 0 Å². The number of rotatable bonds is 16. The second kappa shape index (κ2) is 15.0. The zero-order valence-electron chi connectivity index (χ0n) is 34.2. The fourth-order valence-electron chi connectivity index (χ4n) is 12.9. The molecule has 0 aromatic heterocycles. The van der Waals surface area contributed by atoms with Gasteiger partial charge in [-0.05, 0) is 72.0 Å². The van der Waals surface area contributed by atoms with Gasteiger partial charge >= 0.3 is 11.9 Å². The lowest BCUT2D eigenvalue weighted by Gasteiger charge is -2.59. The van der Waals surface area contributed by atoms with Crippen LogP contribution in [-0.2, 0) is 49.4 Å². The van der Waals surface area contributed by atoms with Crippen LogP contribution in [0.15, 0.2) is 103 Å². The molecule has 7 fully saturated rings. The molecule has 3 aromatic rings. The standard InChI is InChI=1S/C49H56O10/c1-30(2)38-24-35-25-46(28-50)37-21-20-31(3)36(37)26-47(35,48(38,46)45(52)57-39(33-16-9-5-10-17-33)34-18-11-6-12-19-34)29-55-49-43(51)41-40(42(58-49)44(56-41)59-49)54-23-13-22-53-27-32-14-7-4-8-15-32/h4-12,14-19,24,28,30-31,35-37,39-44,51H,13,20-23,25-27,29H2,1-3H3. The Morgan fingerprint density at radius 2 is 1.59 bits per heavy atom. The molecule has 4 aliphatic heterocycles. The minimum absolute atomic E-state index is 0.0273. The molecule has 1 N–H and O–H groups in total. The Bertz CT molecular complexity index is 2000. The van der Waals surface area contributed by atoms with Crippen LogP contribution in [0.5, 0.6) is 0 Å². The van der Waals surface area contributed by atoms with E-state index in [-0.39, 0.29) is 36.2 Å². The van der Waals surface area contributed by atoms with Crippen molar-refractivity contribution in [2.24, 2.45) is 45.8 Å². The van der Waals surface area contributed by atoms with Crippen molar-refractivity contribution >= 4 is 12.3 Å². The van der Waals surface area contributed by atoms with Crippen molar-refractivity contribution in [3.05, 3.63) is 119 Å². The summed E-state index contributed by atoms with van der Waals surface area (Å²) in [6.07, 6.45) is 2.50. The van der Waals surface area contributed by atoms with Gasteiger partial charge in [-0.25, -0.2) is 0 Å². The molecule has 0 amide bonds. The molecule has 8 aliphatic rings. The SMILES string of the molecule is CC(C)C1=CC2CC3(C=O)C4CCC(C)C4CC2(COC24OC5OC(C(OCCCOCc6ccccc6)C5O2)C4O)C13C(=O)OC(c1ccccc1)c1ccccc1.